The maximum atomic E-state index is 12.7. The average Bonchev–Trinajstić information content (AvgIpc) is 3.39. The van der Waals surface area contributed by atoms with Crippen LogP contribution in [0.2, 0.25) is 0 Å². The first-order chi connectivity index (χ1) is 13.5. The minimum absolute atomic E-state index is 0.00798. The quantitative estimate of drug-likeness (QED) is 0.716. The van der Waals surface area contributed by atoms with Crippen molar-refractivity contribution in [2.75, 3.05) is 29.9 Å². The normalized spacial score (nSPS) is 17.8. The van der Waals surface area contributed by atoms with Gasteiger partial charge in [0.1, 0.15) is 11.5 Å². The van der Waals surface area contributed by atoms with Crippen molar-refractivity contribution >= 4 is 17.4 Å². The number of anilines is 2. The van der Waals surface area contributed by atoms with Gasteiger partial charge in [-0.05, 0) is 31.0 Å². The maximum Gasteiger partial charge on any atom is 0.433 e. The molecule has 8 nitrogen and oxygen atoms in total. The lowest BCUT2D eigenvalue weighted by Gasteiger charge is -2.40. The Labute approximate surface area is 157 Å². The molecule has 11 heteroatoms. The summed E-state index contributed by atoms with van der Waals surface area (Å²) in [5.74, 6) is 2.49. The number of hydrogen-bond acceptors (Lipinski definition) is 7. The molecule has 0 radical (unpaired) electrons. The van der Waals surface area contributed by atoms with Crippen LogP contribution in [-0.4, -0.2) is 49.4 Å². The van der Waals surface area contributed by atoms with Crippen molar-refractivity contribution in [1.82, 2.24) is 29.8 Å². The van der Waals surface area contributed by atoms with E-state index in [0.717, 1.165) is 55.5 Å². The zero-order valence-corrected chi connectivity index (χ0v) is 14.8. The first-order valence-corrected chi connectivity index (χ1v) is 9.09. The lowest BCUT2D eigenvalue weighted by atomic mass is 10.0. The van der Waals surface area contributed by atoms with Crippen molar-refractivity contribution < 1.29 is 13.2 Å². The zero-order chi connectivity index (χ0) is 19.3. The number of halogens is 3. The molecule has 1 saturated heterocycles. The van der Waals surface area contributed by atoms with Crippen molar-refractivity contribution in [2.45, 2.75) is 24.9 Å². The molecule has 4 heterocycles. The molecular formula is C17H17F3N8. The zero-order valence-electron chi connectivity index (χ0n) is 14.8. The molecule has 3 aromatic heterocycles. The number of alkyl halides is 3. The average molecular weight is 390 g/mol. The summed E-state index contributed by atoms with van der Waals surface area (Å²) in [7, 11) is 0. The summed E-state index contributed by atoms with van der Waals surface area (Å²) >= 11 is 0. The lowest BCUT2D eigenvalue weighted by molar-refractivity contribution is -0.141. The topological polar surface area (TPSA) is 84.1 Å². The van der Waals surface area contributed by atoms with Crippen LogP contribution in [0.15, 0.2) is 24.4 Å². The van der Waals surface area contributed by atoms with E-state index in [1.807, 2.05) is 16.6 Å². The Hall–Kier alpha value is -2.98. The molecule has 1 N–H and O–H groups in total. The summed E-state index contributed by atoms with van der Waals surface area (Å²) in [6.45, 7) is 2.01. The number of fused-ring (bicyclic) bond motifs is 1. The number of nitrogens with zero attached hydrogens (tertiary/aromatic N) is 7. The molecule has 0 aromatic carbocycles. The smallest absolute Gasteiger partial charge is 0.354 e. The molecular weight excluding hydrogens is 373 g/mol. The van der Waals surface area contributed by atoms with Crippen molar-refractivity contribution in [3.8, 4) is 0 Å². The molecule has 0 bridgehead atoms. The Bertz CT molecular complexity index is 1010. The molecule has 0 amide bonds. The Kier molecular flexibility index (Phi) is 3.84. The van der Waals surface area contributed by atoms with Gasteiger partial charge in [0.2, 0.25) is 5.95 Å². The van der Waals surface area contributed by atoms with Crippen LogP contribution in [0.5, 0.6) is 0 Å². The fourth-order valence-corrected chi connectivity index (χ4v) is 3.28. The largest absolute Gasteiger partial charge is 0.433 e. The summed E-state index contributed by atoms with van der Waals surface area (Å²) in [6.07, 6.45) is -1.11. The predicted octanol–water partition coefficient (Wildman–Crippen LogP) is 2.36. The summed E-state index contributed by atoms with van der Waals surface area (Å²) in [4.78, 5) is 9.50. The van der Waals surface area contributed by atoms with E-state index in [1.165, 1.54) is 0 Å². The molecule has 0 spiro atoms. The minimum atomic E-state index is -4.47. The summed E-state index contributed by atoms with van der Waals surface area (Å²) in [5, 5.41) is 15.9. The maximum absolute atomic E-state index is 12.7. The van der Waals surface area contributed by atoms with Crippen molar-refractivity contribution in [1.29, 1.82) is 0 Å². The van der Waals surface area contributed by atoms with Gasteiger partial charge in [-0.25, -0.2) is 9.97 Å². The van der Waals surface area contributed by atoms with Crippen LogP contribution in [0.25, 0.3) is 5.65 Å². The predicted molar refractivity (Wildman–Crippen MR) is 94.0 cm³/mol. The van der Waals surface area contributed by atoms with Crippen LogP contribution in [0.4, 0.5) is 24.9 Å². The molecule has 1 saturated carbocycles. The van der Waals surface area contributed by atoms with Crippen molar-refractivity contribution in [3.63, 3.8) is 0 Å². The highest BCUT2D eigenvalue weighted by Gasteiger charge is 2.33. The van der Waals surface area contributed by atoms with E-state index in [4.69, 9.17) is 0 Å². The third-order valence-electron chi connectivity index (χ3n) is 4.99. The van der Waals surface area contributed by atoms with Crippen LogP contribution in [0.3, 0.4) is 0 Å². The summed E-state index contributed by atoms with van der Waals surface area (Å²) < 4.78 is 39.9. The van der Waals surface area contributed by atoms with Gasteiger partial charge in [-0.2, -0.15) is 17.7 Å². The number of rotatable bonds is 5. The van der Waals surface area contributed by atoms with Crippen LogP contribution in [0, 0.1) is 5.92 Å². The Morgan fingerprint density at radius 2 is 1.93 bits per heavy atom. The van der Waals surface area contributed by atoms with Crippen LogP contribution >= 0.6 is 0 Å². The Morgan fingerprint density at radius 1 is 1.11 bits per heavy atom. The third kappa shape index (κ3) is 3.20. The van der Waals surface area contributed by atoms with Crippen LogP contribution in [-0.2, 0) is 6.18 Å². The molecule has 5 rings (SSSR count). The monoisotopic (exact) mass is 390 g/mol. The second kappa shape index (κ2) is 6.28. The molecule has 0 unspecified atom stereocenters. The van der Waals surface area contributed by atoms with E-state index >= 15 is 0 Å². The first kappa shape index (κ1) is 17.1. The second-order valence-electron chi connectivity index (χ2n) is 7.21. The Morgan fingerprint density at radius 3 is 2.68 bits per heavy atom. The minimum Gasteiger partial charge on any atom is -0.354 e. The highest BCUT2D eigenvalue weighted by atomic mass is 19.4. The van der Waals surface area contributed by atoms with Crippen molar-refractivity contribution in [3.05, 3.63) is 35.9 Å². The molecule has 0 atom stereocenters. The lowest BCUT2D eigenvalue weighted by Crippen LogP contribution is -2.50. The van der Waals surface area contributed by atoms with Crippen LogP contribution in [0.1, 0.15) is 30.3 Å². The standard InChI is InChI=1S/C17H17F3N8/c18-17(19,20)12-5-6-21-16(23-12)22-7-10-8-27(9-10)14-4-3-13-24-25-15(11-1-2-11)28(13)26-14/h3-6,10-11H,1-2,7-9H2,(H,21,22,23). The highest BCUT2D eigenvalue weighted by molar-refractivity contribution is 5.48. The van der Waals surface area contributed by atoms with Gasteiger partial charge in [-0.3, -0.25) is 0 Å². The molecule has 3 aromatic rings. The van der Waals surface area contributed by atoms with E-state index in [-0.39, 0.29) is 11.9 Å². The van der Waals surface area contributed by atoms with Crippen LogP contribution < -0.4 is 10.2 Å². The van der Waals surface area contributed by atoms with Gasteiger partial charge in [0, 0.05) is 37.7 Å². The molecule has 146 valence electrons. The molecule has 28 heavy (non-hydrogen) atoms. The van der Waals surface area contributed by atoms with Crippen molar-refractivity contribution in [2.24, 2.45) is 5.92 Å². The second-order valence-corrected chi connectivity index (χ2v) is 7.21. The molecule has 2 aliphatic rings. The first-order valence-electron chi connectivity index (χ1n) is 9.09. The van der Waals surface area contributed by atoms with E-state index in [0.29, 0.717) is 12.5 Å². The van der Waals surface area contributed by atoms with Gasteiger partial charge in [0.15, 0.2) is 11.5 Å². The van der Waals surface area contributed by atoms with E-state index in [2.05, 4.69) is 35.5 Å². The van der Waals surface area contributed by atoms with E-state index < -0.39 is 11.9 Å². The highest BCUT2D eigenvalue weighted by Crippen LogP contribution is 2.39. The molecule has 2 fully saturated rings. The number of hydrogen-bond donors (Lipinski definition) is 1. The third-order valence-corrected chi connectivity index (χ3v) is 4.99. The summed E-state index contributed by atoms with van der Waals surface area (Å²) in [5.41, 5.74) is -0.204. The molecule has 1 aliphatic carbocycles. The fourth-order valence-electron chi connectivity index (χ4n) is 3.28. The van der Waals surface area contributed by atoms with Gasteiger partial charge < -0.3 is 10.2 Å². The van der Waals surface area contributed by atoms with E-state index in [9.17, 15) is 13.2 Å². The van der Waals surface area contributed by atoms with Gasteiger partial charge in [0.25, 0.3) is 0 Å². The number of aromatic nitrogens is 6. The molecule has 1 aliphatic heterocycles. The van der Waals surface area contributed by atoms with E-state index in [1.54, 1.807) is 0 Å². The van der Waals surface area contributed by atoms with Gasteiger partial charge in [0.05, 0.1) is 0 Å². The Balaban J connectivity index is 1.20. The van der Waals surface area contributed by atoms with Gasteiger partial charge in [-0.1, -0.05) is 0 Å². The fraction of sp³-hybridized carbons (Fsp3) is 0.471. The van der Waals surface area contributed by atoms with Gasteiger partial charge >= 0.3 is 6.18 Å². The number of nitrogens with one attached hydrogen (secondary N) is 1. The SMILES string of the molecule is FC(F)(F)c1ccnc(NCC2CN(c3ccc4nnc(C5CC5)n4n3)C2)n1. The summed E-state index contributed by atoms with van der Waals surface area (Å²) in [6, 6.07) is 4.68. The van der Waals surface area contributed by atoms with Gasteiger partial charge in [-0.15, -0.1) is 15.3 Å².